The molecule has 4 nitrogen and oxygen atoms in total. The van der Waals surface area contributed by atoms with Gasteiger partial charge in [0.05, 0.1) is 0 Å². The van der Waals surface area contributed by atoms with Crippen LogP contribution in [0.2, 0.25) is 0 Å². The molecule has 4 heteroatoms. The maximum absolute atomic E-state index is 13.3. The highest BCUT2D eigenvalue weighted by atomic mass is 16.2. The summed E-state index contributed by atoms with van der Waals surface area (Å²) in [5, 5.41) is 0. The Balaban J connectivity index is 1.03. The van der Waals surface area contributed by atoms with Gasteiger partial charge < -0.3 is 9.80 Å². The molecule has 1 spiro atoms. The maximum Gasteiger partial charge on any atom is 0.226 e. The van der Waals surface area contributed by atoms with E-state index in [4.69, 9.17) is 0 Å². The van der Waals surface area contributed by atoms with Gasteiger partial charge in [0.25, 0.3) is 0 Å². The maximum atomic E-state index is 13.3. The number of rotatable bonds is 7. The van der Waals surface area contributed by atoms with Crippen molar-refractivity contribution in [2.45, 2.75) is 32.1 Å². The minimum atomic E-state index is 0.283. The van der Waals surface area contributed by atoms with Gasteiger partial charge in [0.1, 0.15) is 0 Å². The van der Waals surface area contributed by atoms with Crippen LogP contribution in [0.5, 0.6) is 0 Å². The van der Waals surface area contributed by atoms with Gasteiger partial charge in [-0.3, -0.25) is 9.69 Å². The topological polar surface area (TPSA) is 26.8 Å². The molecule has 2 heterocycles. The summed E-state index contributed by atoms with van der Waals surface area (Å²) >= 11 is 0. The van der Waals surface area contributed by atoms with Gasteiger partial charge in [0, 0.05) is 45.2 Å². The highest BCUT2D eigenvalue weighted by molar-refractivity contribution is 5.83. The second kappa shape index (κ2) is 10.5. The molecule has 1 aliphatic carbocycles. The van der Waals surface area contributed by atoms with E-state index in [1.807, 2.05) is 6.07 Å². The van der Waals surface area contributed by atoms with Crippen molar-refractivity contribution in [3.05, 3.63) is 77.9 Å². The Morgan fingerprint density at radius 1 is 0.912 bits per heavy atom. The normalized spacial score (nSPS) is 23.9. The third-order valence-electron chi connectivity index (χ3n) is 8.40. The van der Waals surface area contributed by atoms with E-state index in [0.717, 1.165) is 58.8 Å². The van der Waals surface area contributed by atoms with Crippen molar-refractivity contribution in [1.82, 2.24) is 14.7 Å². The minimum absolute atomic E-state index is 0.283. The fourth-order valence-electron chi connectivity index (χ4n) is 5.98. The van der Waals surface area contributed by atoms with Crippen LogP contribution in [0.25, 0.3) is 6.08 Å². The molecule has 2 aromatic carbocycles. The monoisotopic (exact) mass is 457 g/mol. The number of nitrogens with zero attached hydrogens (tertiary/aromatic N) is 3. The van der Waals surface area contributed by atoms with E-state index in [9.17, 15) is 4.79 Å². The molecule has 3 aliphatic rings. The number of hydrogen-bond donors (Lipinski definition) is 0. The van der Waals surface area contributed by atoms with E-state index in [2.05, 4.69) is 88.4 Å². The van der Waals surface area contributed by atoms with Crippen LogP contribution in [0.3, 0.4) is 0 Å². The first-order chi connectivity index (χ1) is 16.6. The first kappa shape index (κ1) is 23.3. The largest absolute Gasteiger partial charge is 0.340 e. The summed E-state index contributed by atoms with van der Waals surface area (Å²) in [5.41, 5.74) is 2.98. The van der Waals surface area contributed by atoms with Crippen LogP contribution in [-0.4, -0.2) is 73.0 Å². The molecule has 5 rings (SSSR count). The van der Waals surface area contributed by atoms with Crippen LogP contribution in [0, 0.1) is 11.3 Å². The Kier molecular flexibility index (Phi) is 7.17. The van der Waals surface area contributed by atoms with Crippen molar-refractivity contribution in [2.24, 2.45) is 11.3 Å². The lowest BCUT2D eigenvalue weighted by Gasteiger charge is -2.36. The van der Waals surface area contributed by atoms with Crippen molar-refractivity contribution >= 4 is 12.0 Å². The molecule has 2 saturated heterocycles. The molecule has 2 aliphatic heterocycles. The highest BCUT2D eigenvalue weighted by Gasteiger charge is 2.59. The van der Waals surface area contributed by atoms with Gasteiger partial charge in [-0.1, -0.05) is 79.7 Å². The molecule has 3 fully saturated rings. The Morgan fingerprint density at radius 2 is 1.56 bits per heavy atom. The van der Waals surface area contributed by atoms with E-state index in [-0.39, 0.29) is 5.92 Å². The standard InChI is InChI=1S/C30H39N3O/c1-25(27-12-6-3-7-13-27)24-32-17-14-30(15-18-32)23-28(30)29(34)33-21-19-31(20-22-33)16-8-11-26-9-4-2-5-10-26/h2-13,25,28H,14-24H2,1H3/b11-8+. The van der Waals surface area contributed by atoms with E-state index in [1.54, 1.807) is 0 Å². The average Bonchev–Trinajstić information content (AvgIpc) is 3.60. The van der Waals surface area contributed by atoms with E-state index >= 15 is 0 Å². The summed E-state index contributed by atoms with van der Waals surface area (Å²) in [6.07, 6.45) is 7.94. The Labute approximate surface area is 205 Å². The molecule has 2 atom stereocenters. The third-order valence-corrected chi connectivity index (χ3v) is 8.40. The number of benzene rings is 2. The van der Waals surface area contributed by atoms with Crippen LogP contribution in [-0.2, 0) is 4.79 Å². The van der Waals surface area contributed by atoms with Crippen molar-refractivity contribution in [2.75, 3.05) is 52.4 Å². The number of piperidine rings is 1. The Morgan fingerprint density at radius 3 is 2.24 bits per heavy atom. The van der Waals surface area contributed by atoms with Crippen molar-refractivity contribution < 1.29 is 4.79 Å². The zero-order chi connectivity index (χ0) is 23.4. The van der Waals surface area contributed by atoms with Crippen LogP contribution in [0.1, 0.15) is 43.2 Å². The Bertz CT molecular complexity index is 957. The molecular formula is C30H39N3O. The Hall–Kier alpha value is -2.43. The predicted molar refractivity (Wildman–Crippen MR) is 140 cm³/mol. The average molecular weight is 458 g/mol. The summed E-state index contributed by atoms with van der Waals surface area (Å²) in [6, 6.07) is 21.3. The molecule has 0 N–H and O–H groups in total. The molecule has 0 aromatic heterocycles. The number of amides is 1. The van der Waals surface area contributed by atoms with E-state index in [0.29, 0.717) is 17.2 Å². The highest BCUT2D eigenvalue weighted by Crippen LogP contribution is 2.60. The van der Waals surface area contributed by atoms with Crippen LogP contribution < -0.4 is 0 Å². The minimum Gasteiger partial charge on any atom is -0.340 e. The summed E-state index contributed by atoms with van der Waals surface area (Å²) in [4.78, 5) is 20.5. The first-order valence-electron chi connectivity index (χ1n) is 13.1. The number of carbonyl (C=O) groups is 1. The molecule has 2 unspecified atom stereocenters. The fraction of sp³-hybridized carbons (Fsp3) is 0.500. The van der Waals surface area contributed by atoms with Gasteiger partial charge in [-0.25, -0.2) is 0 Å². The van der Waals surface area contributed by atoms with Gasteiger partial charge >= 0.3 is 0 Å². The summed E-state index contributed by atoms with van der Waals surface area (Å²) in [6.45, 7) is 10.4. The summed E-state index contributed by atoms with van der Waals surface area (Å²) < 4.78 is 0. The lowest BCUT2D eigenvalue weighted by molar-refractivity contribution is -0.135. The smallest absolute Gasteiger partial charge is 0.226 e. The molecular weight excluding hydrogens is 418 g/mol. The number of hydrogen-bond acceptors (Lipinski definition) is 3. The lowest BCUT2D eigenvalue weighted by Crippen LogP contribution is -2.49. The SMILES string of the molecule is CC(CN1CCC2(CC1)CC2C(=O)N1CCN(C/C=C/c2ccccc2)CC1)c1ccccc1. The first-order valence-corrected chi connectivity index (χ1v) is 13.1. The number of carbonyl (C=O) groups excluding carboxylic acids is 1. The summed E-state index contributed by atoms with van der Waals surface area (Å²) in [7, 11) is 0. The van der Waals surface area contributed by atoms with Crippen molar-refractivity contribution in [3.63, 3.8) is 0 Å². The quantitative estimate of drug-likeness (QED) is 0.600. The molecule has 1 amide bonds. The van der Waals surface area contributed by atoms with Crippen LogP contribution in [0.4, 0.5) is 0 Å². The second-order valence-electron chi connectivity index (χ2n) is 10.7. The number of piperazine rings is 1. The van der Waals surface area contributed by atoms with Crippen molar-refractivity contribution in [3.8, 4) is 0 Å². The molecule has 34 heavy (non-hydrogen) atoms. The van der Waals surface area contributed by atoms with Crippen LogP contribution >= 0.6 is 0 Å². The lowest BCUT2D eigenvalue weighted by atomic mass is 9.89. The zero-order valence-corrected chi connectivity index (χ0v) is 20.6. The molecule has 0 bridgehead atoms. The molecule has 180 valence electrons. The van der Waals surface area contributed by atoms with Gasteiger partial charge in [-0.05, 0) is 54.8 Å². The molecule has 1 saturated carbocycles. The van der Waals surface area contributed by atoms with E-state index in [1.165, 1.54) is 24.0 Å². The molecule has 2 aromatic rings. The third kappa shape index (κ3) is 5.45. The zero-order valence-electron chi connectivity index (χ0n) is 20.6. The summed E-state index contributed by atoms with van der Waals surface area (Å²) in [5.74, 6) is 1.28. The second-order valence-corrected chi connectivity index (χ2v) is 10.7. The van der Waals surface area contributed by atoms with Crippen LogP contribution in [0.15, 0.2) is 66.7 Å². The van der Waals surface area contributed by atoms with E-state index < -0.39 is 0 Å². The fourth-order valence-corrected chi connectivity index (χ4v) is 5.98. The predicted octanol–water partition coefficient (Wildman–Crippen LogP) is 4.75. The number of likely N-dealkylation sites (tertiary alicyclic amines) is 1. The van der Waals surface area contributed by atoms with Gasteiger partial charge in [-0.15, -0.1) is 0 Å². The molecule has 0 radical (unpaired) electrons. The van der Waals surface area contributed by atoms with Gasteiger partial charge in [-0.2, -0.15) is 0 Å². The van der Waals surface area contributed by atoms with Gasteiger partial charge in [0.2, 0.25) is 5.91 Å². The van der Waals surface area contributed by atoms with Crippen molar-refractivity contribution in [1.29, 1.82) is 0 Å². The van der Waals surface area contributed by atoms with Gasteiger partial charge in [0.15, 0.2) is 0 Å².